The van der Waals surface area contributed by atoms with E-state index in [1.807, 2.05) is 24.3 Å². The Morgan fingerprint density at radius 1 is 1.31 bits per heavy atom. The molecule has 0 aliphatic heterocycles. The van der Waals surface area contributed by atoms with Crippen molar-refractivity contribution >= 4 is 34.5 Å². The van der Waals surface area contributed by atoms with Crippen LogP contribution >= 0.6 is 22.9 Å². The van der Waals surface area contributed by atoms with Gasteiger partial charge in [0.2, 0.25) is 5.91 Å². The number of ether oxygens (including phenoxy) is 1. The molecule has 0 unspecified atom stereocenters. The average molecular weight is 434 g/mol. The molecule has 0 saturated carbocycles. The summed E-state index contributed by atoms with van der Waals surface area (Å²) in [5, 5.41) is 3.46. The molecule has 152 valence electrons. The Hall–Kier alpha value is -2.48. The van der Waals surface area contributed by atoms with Crippen molar-refractivity contribution in [2.24, 2.45) is 11.7 Å². The van der Waals surface area contributed by atoms with Gasteiger partial charge in [0.05, 0.1) is 23.1 Å². The molecule has 5 nitrogen and oxygen atoms in total. The van der Waals surface area contributed by atoms with Crippen LogP contribution in [-0.2, 0) is 4.79 Å². The second-order valence-corrected chi connectivity index (χ2v) is 8.12. The molecular formula is C21H21ClFN3O2S. The SMILES string of the molecule is COc1ccc(-c2cnc([C@@H](N)C[C@@H](C)C(=O)Nc3ccc(F)c(Cl)c3)s2)cc1. The van der Waals surface area contributed by atoms with Crippen LogP contribution in [0.4, 0.5) is 10.1 Å². The minimum absolute atomic E-state index is 0.0407. The lowest BCUT2D eigenvalue weighted by atomic mass is 10.0. The number of carbonyl (C=O) groups excluding carboxylic acids is 1. The van der Waals surface area contributed by atoms with E-state index in [-0.39, 0.29) is 22.9 Å². The van der Waals surface area contributed by atoms with E-state index in [4.69, 9.17) is 22.1 Å². The van der Waals surface area contributed by atoms with Gasteiger partial charge < -0.3 is 15.8 Å². The molecule has 1 aromatic heterocycles. The number of nitrogens with zero attached hydrogens (tertiary/aromatic N) is 1. The van der Waals surface area contributed by atoms with E-state index >= 15 is 0 Å². The Bertz CT molecular complexity index is 994. The quantitative estimate of drug-likeness (QED) is 0.531. The van der Waals surface area contributed by atoms with Gasteiger partial charge in [-0.25, -0.2) is 9.37 Å². The molecule has 3 N–H and O–H groups in total. The maximum Gasteiger partial charge on any atom is 0.227 e. The number of benzene rings is 2. The Labute approximate surface area is 177 Å². The molecule has 0 saturated heterocycles. The number of anilines is 1. The van der Waals surface area contributed by atoms with Gasteiger partial charge in [0.25, 0.3) is 0 Å². The van der Waals surface area contributed by atoms with Crippen LogP contribution in [0.3, 0.4) is 0 Å². The molecule has 29 heavy (non-hydrogen) atoms. The summed E-state index contributed by atoms with van der Waals surface area (Å²) < 4.78 is 18.4. The molecule has 0 bridgehead atoms. The number of rotatable bonds is 7. The molecule has 0 aliphatic rings. The van der Waals surface area contributed by atoms with E-state index < -0.39 is 5.82 Å². The average Bonchev–Trinajstić information content (AvgIpc) is 3.21. The lowest BCUT2D eigenvalue weighted by Gasteiger charge is -2.16. The van der Waals surface area contributed by atoms with Crippen LogP contribution < -0.4 is 15.8 Å². The summed E-state index contributed by atoms with van der Waals surface area (Å²) in [4.78, 5) is 17.9. The van der Waals surface area contributed by atoms with E-state index in [2.05, 4.69) is 10.3 Å². The maximum atomic E-state index is 13.2. The zero-order valence-corrected chi connectivity index (χ0v) is 17.6. The molecular weight excluding hydrogens is 413 g/mol. The van der Waals surface area contributed by atoms with Crippen LogP contribution in [0.2, 0.25) is 5.02 Å². The fourth-order valence-electron chi connectivity index (χ4n) is 2.78. The molecule has 0 spiro atoms. The van der Waals surface area contributed by atoms with Gasteiger partial charge in [-0.05, 0) is 54.4 Å². The van der Waals surface area contributed by atoms with Crippen molar-refractivity contribution in [1.82, 2.24) is 4.98 Å². The van der Waals surface area contributed by atoms with Gasteiger partial charge in [-0.3, -0.25) is 4.79 Å². The van der Waals surface area contributed by atoms with Crippen molar-refractivity contribution in [2.75, 3.05) is 12.4 Å². The first-order valence-electron chi connectivity index (χ1n) is 8.99. The number of carbonyl (C=O) groups is 1. The fraction of sp³-hybridized carbons (Fsp3) is 0.238. The maximum absolute atomic E-state index is 13.2. The Balaban J connectivity index is 1.61. The van der Waals surface area contributed by atoms with Crippen LogP contribution in [0.15, 0.2) is 48.7 Å². The standard InChI is InChI=1S/C21H21ClFN3O2S/c1-12(20(27)26-14-5-8-17(23)16(22)10-14)9-18(24)21-25-11-19(29-21)13-3-6-15(28-2)7-4-13/h3-8,10-12,18H,9,24H2,1-2H3,(H,26,27)/t12-,18+/m1/s1. The normalized spacial score (nSPS) is 13.0. The van der Waals surface area contributed by atoms with E-state index in [1.54, 1.807) is 20.2 Å². The van der Waals surface area contributed by atoms with Gasteiger partial charge in [-0.2, -0.15) is 0 Å². The summed E-state index contributed by atoms with van der Waals surface area (Å²) in [6.45, 7) is 1.79. The molecule has 2 aromatic carbocycles. The van der Waals surface area contributed by atoms with Crippen molar-refractivity contribution in [3.63, 3.8) is 0 Å². The molecule has 3 aromatic rings. The van der Waals surface area contributed by atoms with Gasteiger partial charge in [-0.1, -0.05) is 18.5 Å². The van der Waals surface area contributed by atoms with E-state index in [9.17, 15) is 9.18 Å². The third-order valence-electron chi connectivity index (χ3n) is 4.46. The first-order valence-corrected chi connectivity index (χ1v) is 10.2. The van der Waals surface area contributed by atoms with Crippen molar-refractivity contribution in [2.45, 2.75) is 19.4 Å². The number of hydrogen-bond donors (Lipinski definition) is 2. The summed E-state index contributed by atoms with van der Waals surface area (Å²) in [5.41, 5.74) is 7.76. The number of halogens is 2. The summed E-state index contributed by atoms with van der Waals surface area (Å²) in [7, 11) is 1.63. The largest absolute Gasteiger partial charge is 0.497 e. The van der Waals surface area contributed by atoms with Crippen molar-refractivity contribution in [1.29, 1.82) is 0 Å². The van der Waals surface area contributed by atoms with Gasteiger partial charge in [-0.15, -0.1) is 11.3 Å². The van der Waals surface area contributed by atoms with Gasteiger partial charge in [0, 0.05) is 17.8 Å². The molecule has 1 heterocycles. The lowest BCUT2D eigenvalue weighted by molar-refractivity contribution is -0.119. The monoisotopic (exact) mass is 433 g/mol. The highest BCUT2D eigenvalue weighted by Crippen LogP contribution is 2.31. The molecule has 3 rings (SSSR count). The third kappa shape index (κ3) is 5.32. The second kappa shape index (κ2) is 9.35. The van der Waals surface area contributed by atoms with E-state index in [0.717, 1.165) is 21.2 Å². The first kappa shape index (κ1) is 21.2. The second-order valence-electron chi connectivity index (χ2n) is 6.65. The Kier molecular flexibility index (Phi) is 6.84. The molecule has 2 atom stereocenters. The van der Waals surface area contributed by atoms with Crippen molar-refractivity contribution < 1.29 is 13.9 Å². The van der Waals surface area contributed by atoms with Gasteiger partial charge >= 0.3 is 0 Å². The predicted molar refractivity (Wildman–Crippen MR) is 115 cm³/mol. The van der Waals surface area contributed by atoms with Crippen molar-refractivity contribution in [3.05, 3.63) is 64.5 Å². The van der Waals surface area contributed by atoms with E-state index in [1.165, 1.54) is 29.5 Å². The molecule has 0 radical (unpaired) electrons. The van der Waals surface area contributed by atoms with Crippen LogP contribution in [0.5, 0.6) is 5.75 Å². The number of aromatic nitrogens is 1. The number of methoxy groups -OCH3 is 1. The van der Waals surface area contributed by atoms with Crippen LogP contribution in [0.1, 0.15) is 24.4 Å². The smallest absolute Gasteiger partial charge is 0.227 e. The van der Waals surface area contributed by atoms with Crippen LogP contribution in [0.25, 0.3) is 10.4 Å². The molecule has 0 aliphatic carbocycles. The topological polar surface area (TPSA) is 77.2 Å². The highest BCUT2D eigenvalue weighted by atomic mass is 35.5. The zero-order chi connectivity index (χ0) is 21.0. The Morgan fingerprint density at radius 3 is 2.69 bits per heavy atom. The van der Waals surface area contributed by atoms with Crippen LogP contribution in [0, 0.1) is 11.7 Å². The zero-order valence-electron chi connectivity index (χ0n) is 16.0. The molecule has 0 fully saturated rings. The highest BCUT2D eigenvalue weighted by Gasteiger charge is 2.20. The minimum Gasteiger partial charge on any atom is -0.497 e. The summed E-state index contributed by atoms with van der Waals surface area (Å²) in [6.07, 6.45) is 2.21. The van der Waals surface area contributed by atoms with E-state index in [0.29, 0.717) is 12.1 Å². The number of thiazole rings is 1. The summed E-state index contributed by atoms with van der Waals surface area (Å²) in [5.74, 6) is -0.314. The lowest BCUT2D eigenvalue weighted by Crippen LogP contribution is -2.24. The first-order chi connectivity index (χ1) is 13.9. The Morgan fingerprint density at radius 2 is 2.03 bits per heavy atom. The third-order valence-corrected chi connectivity index (χ3v) is 5.93. The van der Waals surface area contributed by atoms with Crippen LogP contribution in [-0.4, -0.2) is 18.0 Å². The minimum atomic E-state index is -0.531. The highest BCUT2D eigenvalue weighted by molar-refractivity contribution is 7.15. The number of nitrogens with two attached hydrogens (primary N) is 1. The predicted octanol–water partition coefficient (Wildman–Crippen LogP) is 5.28. The van der Waals surface area contributed by atoms with Gasteiger partial charge in [0.15, 0.2) is 0 Å². The fourth-order valence-corrected chi connectivity index (χ4v) is 3.89. The number of nitrogens with one attached hydrogen (secondary N) is 1. The number of amides is 1. The summed E-state index contributed by atoms with van der Waals surface area (Å²) >= 11 is 7.25. The van der Waals surface area contributed by atoms with Crippen molar-refractivity contribution in [3.8, 4) is 16.2 Å². The molecule has 8 heteroatoms. The van der Waals surface area contributed by atoms with Gasteiger partial charge in [0.1, 0.15) is 16.6 Å². The number of hydrogen-bond acceptors (Lipinski definition) is 5. The molecule has 1 amide bonds. The summed E-state index contributed by atoms with van der Waals surface area (Å²) in [6, 6.07) is 11.4.